The number of nitrogens with one attached hydrogen (secondary N) is 1. The van der Waals surface area contributed by atoms with Crippen molar-refractivity contribution >= 4 is 17.3 Å². The van der Waals surface area contributed by atoms with E-state index in [9.17, 15) is 9.90 Å². The van der Waals surface area contributed by atoms with Gasteiger partial charge in [0.15, 0.2) is 0 Å². The lowest BCUT2D eigenvalue weighted by molar-refractivity contribution is 0.161. The zero-order valence-electron chi connectivity index (χ0n) is 13.1. The number of aliphatic hydroxyl groups excluding tert-OH is 1. The normalized spacial score (nSPS) is 13.0. The van der Waals surface area contributed by atoms with Crippen molar-refractivity contribution < 1.29 is 5.11 Å². The lowest BCUT2D eigenvalue weighted by atomic mass is 10.1. The molecule has 7 heteroatoms. The van der Waals surface area contributed by atoms with Crippen molar-refractivity contribution in [2.45, 2.75) is 32.9 Å². The molecule has 1 aromatic rings. The standard InChI is InChI=1S/C14H25ClN4O2/c1-10(2)7-11(20)8-16-12-9-17-19(6-5-18(3)4)14(21)13(12)15/h9-11,16,20H,5-8H2,1-4H3. The molecule has 0 amide bonds. The summed E-state index contributed by atoms with van der Waals surface area (Å²) in [7, 11) is 3.86. The zero-order chi connectivity index (χ0) is 16.0. The Morgan fingerprint density at radius 3 is 2.71 bits per heavy atom. The van der Waals surface area contributed by atoms with E-state index in [4.69, 9.17) is 11.6 Å². The maximum atomic E-state index is 12.1. The molecule has 1 atom stereocenters. The topological polar surface area (TPSA) is 70.4 Å². The van der Waals surface area contributed by atoms with E-state index in [1.807, 2.05) is 32.8 Å². The Hall–Kier alpha value is -1.11. The number of aromatic nitrogens is 2. The highest BCUT2D eigenvalue weighted by Crippen LogP contribution is 2.15. The molecule has 0 aliphatic carbocycles. The predicted molar refractivity (Wildman–Crippen MR) is 86.0 cm³/mol. The molecule has 0 aliphatic heterocycles. The SMILES string of the molecule is CC(C)CC(O)CNc1cnn(CCN(C)C)c(=O)c1Cl. The maximum Gasteiger partial charge on any atom is 0.287 e. The van der Waals surface area contributed by atoms with Crippen LogP contribution in [0.4, 0.5) is 5.69 Å². The molecule has 1 heterocycles. The van der Waals surface area contributed by atoms with Gasteiger partial charge in [-0.3, -0.25) is 4.79 Å². The number of halogens is 1. The van der Waals surface area contributed by atoms with Crippen LogP contribution in [0.3, 0.4) is 0 Å². The molecule has 21 heavy (non-hydrogen) atoms. The highest BCUT2D eigenvalue weighted by Gasteiger charge is 2.12. The van der Waals surface area contributed by atoms with Crippen LogP contribution in [-0.2, 0) is 6.54 Å². The maximum absolute atomic E-state index is 12.1. The third-order valence-electron chi connectivity index (χ3n) is 3.02. The van der Waals surface area contributed by atoms with Crippen LogP contribution < -0.4 is 10.9 Å². The zero-order valence-corrected chi connectivity index (χ0v) is 13.9. The molecular weight excluding hydrogens is 292 g/mol. The minimum atomic E-state index is -0.475. The fraction of sp³-hybridized carbons (Fsp3) is 0.714. The predicted octanol–water partition coefficient (Wildman–Crippen LogP) is 1.28. The number of aliphatic hydroxyl groups is 1. The Kier molecular flexibility index (Phi) is 7.14. The van der Waals surface area contributed by atoms with Gasteiger partial charge in [0.25, 0.3) is 5.56 Å². The summed E-state index contributed by atoms with van der Waals surface area (Å²) >= 11 is 6.07. The van der Waals surface area contributed by atoms with Crippen LogP contribution in [-0.4, -0.2) is 53.1 Å². The van der Waals surface area contributed by atoms with E-state index in [0.29, 0.717) is 37.7 Å². The number of nitrogens with zero attached hydrogens (tertiary/aromatic N) is 3. The third-order valence-corrected chi connectivity index (χ3v) is 3.38. The number of likely N-dealkylation sites (N-methyl/N-ethyl adjacent to an activating group) is 1. The second-order valence-electron chi connectivity index (χ2n) is 5.87. The van der Waals surface area contributed by atoms with E-state index < -0.39 is 6.10 Å². The summed E-state index contributed by atoms with van der Waals surface area (Å²) in [6, 6.07) is 0. The molecule has 2 N–H and O–H groups in total. The molecule has 0 radical (unpaired) electrons. The van der Waals surface area contributed by atoms with Crippen molar-refractivity contribution in [3.8, 4) is 0 Å². The van der Waals surface area contributed by atoms with Crippen molar-refractivity contribution in [2.75, 3.05) is 32.5 Å². The second-order valence-corrected chi connectivity index (χ2v) is 6.25. The van der Waals surface area contributed by atoms with Gasteiger partial charge in [0.2, 0.25) is 0 Å². The van der Waals surface area contributed by atoms with E-state index in [2.05, 4.69) is 10.4 Å². The Bertz CT molecular complexity index is 502. The minimum Gasteiger partial charge on any atom is -0.391 e. The van der Waals surface area contributed by atoms with Gasteiger partial charge in [0.1, 0.15) is 5.02 Å². The van der Waals surface area contributed by atoms with E-state index in [1.165, 1.54) is 10.9 Å². The minimum absolute atomic E-state index is 0.112. The first-order valence-electron chi connectivity index (χ1n) is 7.13. The quantitative estimate of drug-likeness (QED) is 0.756. The van der Waals surface area contributed by atoms with Crippen LogP contribution in [0.15, 0.2) is 11.0 Å². The van der Waals surface area contributed by atoms with Gasteiger partial charge in [-0.1, -0.05) is 25.4 Å². The first kappa shape index (κ1) is 17.9. The number of hydrogen-bond acceptors (Lipinski definition) is 5. The molecule has 0 saturated carbocycles. The van der Waals surface area contributed by atoms with Crippen LogP contribution in [0.1, 0.15) is 20.3 Å². The highest BCUT2D eigenvalue weighted by atomic mass is 35.5. The number of rotatable bonds is 8. The molecule has 0 aromatic carbocycles. The van der Waals surface area contributed by atoms with Crippen LogP contribution in [0.5, 0.6) is 0 Å². The largest absolute Gasteiger partial charge is 0.391 e. The number of anilines is 1. The van der Waals surface area contributed by atoms with Gasteiger partial charge in [0, 0.05) is 13.1 Å². The summed E-state index contributed by atoms with van der Waals surface area (Å²) in [6.45, 7) is 5.64. The van der Waals surface area contributed by atoms with Crippen molar-refractivity contribution in [1.82, 2.24) is 14.7 Å². The summed E-state index contributed by atoms with van der Waals surface area (Å²) < 4.78 is 1.35. The molecular formula is C14H25ClN4O2. The van der Waals surface area contributed by atoms with Gasteiger partial charge in [-0.15, -0.1) is 0 Å². The van der Waals surface area contributed by atoms with Crippen LogP contribution in [0.25, 0.3) is 0 Å². The smallest absolute Gasteiger partial charge is 0.287 e. The van der Waals surface area contributed by atoms with Crippen molar-refractivity contribution in [1.29, 1.82) is 0 Å². The molecule has 0 bridgehead atoms. The molecule has 0 fully saturated rings. The fourth-order valence-electron chi connectivity index (χ4n) is 1.90. The van der Waals surface area contributed by atoms with Crippen molar-refractivity contribution in [3.05, 3.63) is 21.6 Å². The number of hydrogen-bond donors (Lipinski definition) is 2. The molecule has 1 unspecified atom stereocenters. The molecule has 1 rings (SSSR count). The average Bonchev–Trinajstić information content (AvgIpc) is 2.38. The third kappa shape index (κ3) is 6.03. The summed E-state index contributed by atoms with van der Waals surface area (Å²) in [5, 5.41) is 17.0. The summed E-state index contributed by atoms with van der Waals surface area (Å²) in [5.41, 5.74) is 0.146. The lowest BCUT2D eigenvalue weighted by Gasteiger charge is -2.16. The van der Waals surface area contributed by atoms with Crippen LogP contribution in [0, 0.1) is 5.92 Å². The Morgan fingerprint density at radius 2 is 2.14 bits per heavy atom. The lowest BCUT2D eigenvalue weighted by Crippen LogP contribution is -2.30. The second kappa shape index (κ2) is 8.36. The molecule has 6 nitrogen and oxygen atoms in total. The van der Waals surface area contributed by atoms with Gasteiger partial charge in [-0.05, 0) is 26.4 Å². The van der Waals surface area contributed by atoms with E-state index in [1.54, 1.807) is 0 Å². The monoisotopic (exact) mass is 316 g/mol. The summed E-state index contributed by atoms with van der Waals surface area (Å²) in [6.07, 6.45) is 1.75. The van der Waals surface area contributed by atoms with Gasteiger partial charge < -0.3 is 15.3 Å². The highest BCUT2D eigenvalue weighted by molar-refractivity contribution is 6.32. The molecule has 0 saturated heterocycles. The van der Waals surface area contributed by atoms with Gasteiger partial charge >= 0.3 is 0 Å². The molecule has 0 aliphatic rings. The first-order chi connectivity index (χ1) is 9.81. The molecule has 1 aromatic heterocycles. The van der Waals surface area contributed by atoms with Crippen molar-refractivity contribution in [3.63, 3.8) is 0 Å². The van der Waals surface area contributed by atoms with Crippen molar-refractivity contribution in [2.24, 2.45) is 5.92 Å². The summed E-state index contributed by atoms with van der Waals surface area (Å²) in [5.74, 6) is 0.412. The van der Waals surface area contributed by atoms with Crippen LogP contribution in [0.2, 0.25) is 5.02 Å². The van der Waals surface area contributed by atoms with E-state index in [0.717, 1.165) is 0 Å². The summed E-state index contributed by atoms with van der Waals surface area (Å²) in [4.78, 5) is 14.0. The van der Waals surface area contributed by atoms with Gasteiger partial charge in [-0.2, -0.15) is 5.10 Å². The van der Waals surface area contributed by atoms with E-state index >= 15 is 0 Å². The van der Waals surface area contributed by atoms with Crippen LogP contribution >= 0.6 is 11.6 Å². The molecule has 0 spiro atoms. The molecule has 120 valence electrons. The Labute approximate surface area is 130 Å². The Balaban J connectivity index is 2.69. The van der Waals surface area contributed by atoms with Gasteiger partial charge in [-0.25, -0.2) is 4.68 Å². The Morgan fingerprint density at radius 1 is 1.48 bits per heavy atom. The first-order valence-corrected chi connectivity index (χ1v) is 7.51. The fourth-order valence-corrected chi connectivity index (χ4v) is 2.11. The average molecular weight is 317 g/mol. The van der Waals surface area contributed by atoms with Gasteiger partial charge in [0.05, 0.1) is 24.5 Å². The van der Waals surface area contributed by atoms with E-state index in [-0.39, 0.29) is 10.6 Å².